The van der Waals surface area contributed by atoms with Crippen LogP contribution in [-0.4, -0.2) is 10.5 Å². The molecule has 6 heteroatoms. The highest BCUT2D eigenvalue weighted by molar-refractivity contribution is 6.08. The summed E-state index contributed by atoms with van der Waals surface area (Å²) in [6.07, 6.45) is 1.89. The van der Waals surface area contributed by atoms with Crippen LogP contribution < -0.4 is 10.9 Å². The molecule has 0 unspecified atom stereocenters. The number of halogens is 2. The molecule has 1 amide bonds. The highest BCUT2D eigenvalue weighted by Gasteiger charge is 2.34. The van der Waals surface area contributed by atoms with E-state index in [0.717, 1.165) is 12.8 Å². The highest BCUT2D eigenvalue weighted by atomic mass is 19.1. The minimum Gasteiger partial charge on any atom is -0.345 e. The molecule has 1 aliphatic carbocycles. The first-order valence-corrected chi connectivity index (χ1v) is 10.7. The van der Waals surface area contributed by atoms with Gasteiger partial charge < -0.3 is 9.88 Å². The first-order valence-electron chi connectivity index (χ1n) is 10.7. The van der Waals surface area contributed by atoms with Gasteiger partial charge in [0.05, 0.1) is 17.0 Å². The second-order valence-corrected chi connectivity index (χ2v) is 8.78. The number of aromatic nitrogens is 1. The molecule has 1 atom stereocenters. The fourth-order valence-corrected chi connectivity index (χ4v) is 4.25. The third kappa shape index (κ3) is 4.11. The summed E-state index contributed by atoms with van der Waals surface area (Å²) in [5.41, 5.74) is 1.07. The molecule has 3 aromatic rings. The molecule has 1 fully saturated rings. The van der Waals surface area contributed by atoms with Gasteiger partial charge in [0.2, 0.25) is 0 Å². The number of carbonyl (C=O) groups excluding carboxylic acids is 1. The van der Waals surface area contributed by atoms with Crippen LogP contribution in [0.25, 0.3) is 10.8 Å². The number of benzene rings is 2. The van der Waals surface area contributed by atoms with Gasteiger partial charge in [0.1, 0.15) is 11.6 Å². The Morgan fingerprint density at radius 3 is 2.52 bits per heavy atom. The average molecular weight is 424 g/mol. The highest BCUT2D eigenvalue weighted by Crippen LogP contribution is 2.41. The maximum absolute atomic E-state index is 14.7. The van der Waals surface area contributed by atoms with Gasteiger partial charge in [-0.2, -0.15) is 0 Å². The van der Waals surface area contributed by atoms with Crippen molar-refractivity contribution in [2.45, 2.75) is 46.2 Å². The summed E-state index contributed by atoms with van der Waals surface area (Å²) >= 11 is 0. The molecule has 1 N–H and O–H groups in total. The van der Waals surface area contributed by atoms with E-state index in [1.54, 1.807) is 25.1 Å². The molecule has 0 spiro atoms. The molecule has 1 heterocycles. The van der Waals surface area contributed by atoms with Crippen LogP contribution >= 0.6 is 0 Å². The van der Waals surface area contributed by atoms with Crippen molar-refractivity contribution >= 4 is 16.7 Å². The topological polar surface area (TPSA) is 51.1 Å². The molecule has 1 aliphatic rings. The molecule has 1 aromatic heterocycles. The van der Waals surface area contributed by atoms with Gasteiger partial charge in [-0.3, -0.25) is 9.59 Å². The third-order valence-electron chi connectivity index (χ3n) is 5.87. The van der Waals surface area contributed by atoms with E-state index in [2.05, 4.69) is 5.32 Å². The van der Waals surface area contributed by atoms with E-state index in [1.807, 2.05) is 13.8 Å². The smallest absolute Gasteiger partial charge is 0.261 e. The molecule has 4 nitrogen and oxygen atoms in total. The number of carbonyl (C=O) groups is 1. The molecule has 2 aromatic carbocycles. The molecule has 0 radical (unpaired) electrons. The summed E-state index contributed by atoms with van der Waals surface area (Å²) in [5, 5.41) is 3.27. The summed E-state index contributed by atoms with van der Waals surface area (Å²) < 4.78 is 30.0. The van der Waals surface area contributed by atoms with Gasteiger partial charge >= 0.3 is 0 Å². The van der Waals surface area contributed by atoms with Crippen molar-refractivity contribution in [2.75, 3.05) is 0 Å². The predicted octanol–water partition coefficient (Wildman–Crippen LogP) is 5.13. The fourth-order valence-electron chi connectivity index (χ4n) is 4.25. The van der Waals surface area contributed by atoms with Gasteiger partial charge in [-0.25, -0.2) is 8.78 Å². The Labute approximate surface area is 179 Å². The minimum absolute atomic E-state index is 0.0763. The van der Waals surface area contributed by atoms with Crippen LogP contribution in [0.15, 0.2) is 47.3 Å². The molecule has 31 heavy (non-hydrogen) atoms. The monoisotopic (exact) mass is 424 g/mol. The van der Waals surface area contributed by atoms with Crippen LogP contribution in [-0.2, 0) is 6.54 Å². The molecular weight excluding hydrogens is 398 g/mol. The van der Waals surface area contributed by atoms with Gasteiger partial charge in [-0.1, -0.05) is 38.1 Å². The number of fused-ring (bicyclic) bond motifs is 1. The van der Waals surface area contributed by atoms with E-state index in [4.69, 9.17) is 0 Å². The van der Waals surface area contributed by atoms with Gasteiger partial charge in [0, 0.05) is 17.6 Å². The Bertz CT molecular complexity index is 1210. The van der Waals surface area contributed by atoms with E-state index >= 15 is 0 Å². The lowest BCUT2D eigenvalue weighted by molar-refractivity contribution is 0.0931. The normalized spacial score (nSPS) is 14.8. The molecule has 4 rings (SSSR count). The first-order chi connectivity index (χ1) is 14.8. The van der Waals surface area contributed by atoms with Crippen molar-refractivity contribution in [3.8, 4) is 0 Å². The standard InChI is InChI=1S/C25H26F2N2O2/c1-14(2)13-29-15(3)21(19-8-5-9-20(27)22(19)25(29)31)24(30)28-23(16-10-11-16)17-6-4-7-18(26)12-17/h4-9,12,14,16,23H,10-11,13H2,1-3H3,(H,28,30)/t23-/m0/s1. The number of nitrogens with one attached hydrogen (secondary N) is 1. The van der Waals surface area contributed by atoms with E-state index in [-0.39, 0.29) is 40.6 Å². The van der Waals surface area contributed by atoms with Gasteiger partial charge in [-0.05, 0) is 55.4 Å². The lowest BCUT2D eigenvalue weighted by Crippen LogP contribution is -2.34. The lowest BCUT2D eigenvalue weighted by Gasteiger charge is -2.22. The second-order valence-electron chi connectivity index (χ2n) is 8.78. The van der Waals surface area contributed by atoms with Crippen LogP contribution in [0.2, 0.25) is 0 Å². The SMILES string of the molecule is Cc1c(C(=O)N[C@H](c2cccc(F)c2)C2CC2)c2cccc(F)c2c(=O)n1CC(C)C. The van der Waals surface area contributed by atoms with Crippen LogP contribution in [0.4, 0.5) is 8.78 Å². The van der Waals surface area contributed by atoms with Crippen LogP contribution in [0.5, 0.6) is 0 Å². The zero-order valence-electron chi connectivity index (χ0n) is 17.9. The molecule has 0 aliphatic heterocycles. The number of amides is 1. The maximum atomic E-state index is 14.7. The summed E-state index contributed by atoms with van der Waals surface area (Å²) in [4.78, 5) is 26.5. The second kappa shape index (κ2) is 8.25. The molecule has 1 saturated carbocycles. The van der Waals surface area contributed by atoms with Crippen molar-refractivity contribution in [3.05, 3.63) is 81.3 Å². The van der Waals surface area contributed by atoms with E-state index < -0.39 is 11.4 Å². The molecule has 162 valence electrons. The van der Waals surface area contributed by atoms with Crippen molar-refractivity contribution in [2.24, 2.45) is 11.8 Å². The van der Waals surface area contributed by atoms with Gasteiger partial charge in [0.15, 0.2) is 0 Å². The summed E-state index contributed by atoms with van der Waals surface area (Å²) in [6.45, 7) is 6.02. The maximum Gasteiger partial charge on any atom is 0.261 e. The number of pyridine rings is 1. The van der Waals surface area contributed by atoms with Crippen molar-refractivity contribution in [1.29, 1.82) is 0 Å². The number of hydrogen-bond donors (Lipinski definition) is 1. The van der Waals surface area contributed by atoms with Gasteiger partial charge in [-0.15, -0.1) is 0 Å². The summed E-state index contributed by atoms with van der Waals surface area (Å²) in [7, 11) is 0. The largest absolute Gasteiger partial charge is 0.345 e. The zero-order valence-corrected chi connectivity index (χ0v) is 17.9. The molecule has 0 bridgehead atoms. The molecule has 0 saturated heterocycles. The average Bonchev–Trinajstić information content (AvgIpc) is 3.54. The summed E-state index contributed by atoms with van der Waals surface area (Å²) in [5.74, 6) is -1.00. The Balaban J connectivity index is 1.83. The van der Waals surface area contributed by atoms with Crippen LogP contribution in [0, 0.1) is 30.4 Å². The van der Waals surface area contributed by atoms with E-state index in [0.29, 0.717) is 23.2 Å². The number of rotatable bonds is 6. The van der Waals surface area contributed by atoms with Crippen LogP contribution in [0.3, 0.4) is 0 Å². The van der Waals surface area contributed by atoms with Crippen molar-refractivity contribution in [3.63, 3.8) is 0 Å². The quantitative estimate of drug-likeness (QED) is 0.597. The third-order valence-corrected chi connectivity index (χ3v) is 5.87. The Hall–Kier alpha value is -3.02. The fraction of sp³-hybridized carbons (Fsp3) is 0.360. The first kappa shape index (κ1) is 21.2. The molecular formula is C25H26F2N2O2. The van der Waals surface area contributed by atoms with Crippen molar-refractivity contribution < 1.29 is 13.6 Å². The zero-order chi connectivity index (χ0) is 22.3. The Morgan fingerprint density at radius 2 is 1.87 bits per heavy atom. The Morgan fingerprint density at radius 1 is 1.16 bits per heavy atom. The van der Waals surface area contributed by atoms with Crippen LogP contribution in [0.1, 0.15) is 54.3 Å². The minimum atomic E-state index is -0.641. The number of nitrogens with zero attached hydrogens (tertiary/aromatic N) is 1. The summed E-state index contributed by atoms with van der Waals surface area (Å²) in [6, 6.07) is 10.3. The predicted molar refractivity (Wildman–Crippen MR) is 117 cm³/mol. The van der Waals surface area contributed by atoms with Gasteiger partial charge in [0.25, 0.3) is 11.5 Å². The Kier molecular flexibility index (Phi) is 5.65. The van der Waals surface area contributed by atoms with E-state index in [1.165, 1.54) is 28.8 Å². The van der Waals surface area contributed by atoms with E-state index in [9.17, 15) is 18.4 Å². The number of hydrogen-bond acceptors (Lipinski definition) is 2. The van der Waals surface area contributed by atoms with Crippen molar-refractivity contribution in [1.82, 2.24) is 9.88 Å². The lowest BCUT2D eigenvalue weighted by atomic mass is 9.99.